The van der Waals surface area contributed by atoms with Crippen LogP contribution in [0.5, 0.6) is 5.75 Å². The molecule has 0 fully saturated rings. The number of nitrogens with one attached hydrogen (secondary N) is 1. The van der Waals surface area contributed by atoms with Crippen molar-refractivity contribution in [3.63, 3.8) is 0 Å². The molecule has 19 heavy (non-hydrogen) atoms. The Balaban J connectivity index is 2.60. The number of ether oxygens (including phenoxy) is 1. The van der Waals surface area contributed by atoms with Gasteiger partial charge in [0.25, 0.3) is 11.3 Å². The van der Waals surface area contributed by atoms with E-state index in [9.17, 15) is 4.21 Å². The average molecular weight is 283 g/mol. The summed E-state index contributed by atoms with van der Waals surface area (Å²) in [6.45, 7) is 10.1. The van der Waals surface area contributed by atoms with E-state index in [1.165, 1.54) is 0 Å². The fourth-order valence-corrected chi connectivity index (χ4v) is 3.10. The molecule has 0 radical (unpaired) electrons. The summed E-state index contributed by atoms with van der Waals surface area (Å²) < 4.78 is 28.8. The molecule has 2 rings (SSSR count). The lowest BCUT2D eigenvalue weighted by molar-refractivity contribution is 0.0834. The maximum absolute atomic E-state index is 11.0. The smallest absolute Gasteiger partial charge is 0.259 e. The first-order valence-corrected chi connectivity index (χ1v) is 7.53. The monoisotopic (exact) mass is 283 g/mol. The van der Waals surface area contributed by atoms with Crippen LogP contribution in [0, 0.1) is 20.8 Å². The molecule has 1 heterocycles. The number of hydrogen-bond donors (Lipinski definition) is 2. The Morgan fingerprint density at radius 2 is 1.84 bits per heavy atom. The van der Waals surface area contributed by atoms with Crippen LogP contribution in [0.4, 0.5) is 5.69 Å². The van der Waals surface area contributed by atoms with Gasteiger partial charge in [-0.1, -0.05) is 0 Å². The number of rotatable bonds is 2. The molecular weight excluding hydrogens is 262 g/mol. The van der Waals surface area contributed by atoms with Crippen LogP contribution >= 0.6 is 0 Å². The lowest BCUT2D eigenvalue weighted by Gasteiger charge is -2.35. The zero-order chi connectivity index (χ0) is 14.4. The van der Waals surface area contributed by atoms with Crippen molar-refractivity contribution in [3.05, 3.63) is 22.3 Å². The van der Waals surface area contributed by atoms with Gasteiger partial charge in [0.1, 0.15) is 11.4 Å². The molecule has 0 aliphatic carbocycles. The molecule has 1 aromatic carbocycles. The van der Waals surface area contributed by atoms with Crippen LogP contribution in [0.2, 0.25) is 0 Å². The van der Waals surface area contributed by atoms with Gasteiger partial charge in [-0.3, -0.25) is 9.27 Å². The van der Waals surface area contributed by atoms with Crippen LogP contribution in [0.15, 0.2) is 0 Å². The van der Waals surface area contributed by atoms with Crippen molar-refractivity contribution in [3.8, 4) is 5.75 Å². The van der Waals surface area contributed by atoms with E-state index in [1.807, 2.05) is 20.8 Å². The van der Waals surface area contributed by atoms with E-state index >= 15 is 0 Å². The van der Waals surface area contributed by atoms with Crippen molar-refractivity contribution in [2.24, 2.45) is 0 Å². The van der Waals surface area contributed by atoms with Crippen LogP contribution in [0.25, 0.3) is 0 Å². The minimum absolute atomic E-state index is 0.147. The fourth-order valence-electron chi connectivity index (χ4n) is 2.62. The minimum Gasteiger partial charge on any atom is -0.487 e. The summed E-state index contributed by atoms with van der Waals surface area (Å²) in [6.07, 6.45) is 1.88. The molecule has 1 aliphatic heterocycles. The van der Waals surface area contributed by atoms with Crippen LogP contribution in [-0.2, 0) is 17.7 Å². The lowest BCUT2D eigenvalue weighted by Crippen LogP contribution is -2.33. The van der Waals surface area contributed by atoms with Gasteiger partial charge >= 0.3 is 0 Å². The highest BCUT2D eigenvalue weighted by molar-refractivity contribution is 7.80. The molecule has 0 amide bonds. The van der Waals surface area contributed by atoms with E-state index in [-0.39, 0.29) is 5.60 Å². The maximum atomic E-state index is 11.0. The molecule has 2 N–H and O–H groups in total. The summed E-state index contributed by atoms with van der Waals surface area (Å²) in [4.78, 5) is 0. The van der Waals surface area contributed by atoms with E-state index in [0.717, 1.165) is 46.5 Å². The molecule has 1 aromatic rings. The number of benzene rings is 1. The van der Waals surface area contributed by atoms with Gasteiger partial charge in [-0.15, -0.1) is 0 Å². The molecular formula is C14H21NO3S. The van der Waals surface area contributed by atoms with Crippen molar-refractivity contribution in [2.45, 2.75) is 53.1 Å². The van der Waals surface area contributed by atoms with Gasteiger partial charge in [0.15, 0.2) is 0 Å². The topological polar surface area (TPSA) is 58.6 Å². The molecule has 106 valence electrons. The van der Waals surface area contributed by atoms with Crippen molar-refractivity contribution >= 4 is 17.0 Å². The largest absolute Gasteiger partial charge is 0.487 e. The van der Waals surface area contributed by atoms with E-state index in [2.05, 4.69) is 18.6 Å². The molecule has 0 spiro atoms. The summed E-state index contributed by atoms with van der Waals surface area (Å²) in [7, 11) is 0. The van der Waals surface area contributed by atoms with Gasteiger partial charge in [0.05, 0.1) is 5.69 Å². The van der Waals surface area contributed by atoms with Crippen molar-refractivity contribution in [1.29, 1.82) is 0 Å². The molecule has 1 aliphatic rings. The first-order chi connectivity index (χ1) is 8.73. The number of fused-ring (bicyclic) bond motifs is 1. The first kappa shape index (κ1) is 14.3. The Kier molecular flexibility index (Phi) is 3.62. The quantitative estimate of drug-likeness (QED) is 0.819. The van der Waals surface area contributed by atoms with E-state index in [4.69, 9.17) is 9.29 Å². The molecule has 0 aromatic heterocycles. The van der Waals surface area contributed by atoms with Crippen molar-refractivity contribution in [2.75, 3.05) is 4.72 Å². The Labute approximate surface area is 117 Å². The molecule has 0 bridgehead atoms. The third kappa shape index (κ3) is 2.62. The fraction of sp³-hybridized carbons (Fsp3) is 0.571. The van der Waals surface area contributed by atoms with Crippen LogP contribution < -0.4 is 9.46 Å². The highest BCUT2D eigenvalue weighted by Gasteiger charge is 2.30. The third-order valence-electron chi connectivity index (χ3n) is 3.92. The van der Waals surface area contributed by atoms with E-state index < -0.39 is 11.3 Å². The number of hydrogen-bond acceptors (Lipinski definition) is 2. The second-order valence-corrected chi connectivity index (χ2v) is 6.47. The summed E-state index contributed by atoms with van der Waals surface area (Å²) >= 11 is -2.05. The van der Waals surface area contributed by atoms with Crippen molar-refractivity contribution < 1.29 is 13.5 Å². The summed E-state index contributed by atoms with van der Waals surface area (Å²) in [6, 6.07) is 0. The first-order valence-electron chi connectivity index (χ1n) is 6.42. The summed E-state index contributed by atoms with van der Waals surface area (Å²) in [5.74, 6) is 0.945. The SMILES string of the molecule is Cc1c(C)c2c(c(C)c1NS(=O)O)CCC(C)(C)O2. The van der Waals surface area contributed by atoms with Gasteiger partial charge in [0.2, 0.25) is 0 Å². The molecule has 5 heteroatoms. The predicted octanol–water partition coefficient (Wildman–Crippen LogP) is 3.26. The van der Waals surface area contributed by atoms with Crippen molar-refractivity contribution in [1.82, 2.24) is 0 Å². The minimum atomic E-state index is -2.05. The molecule has 1 atom stereocenters. The summed E-state index contributed by atoms with van der Waals surface area (Å²) in [5.41, 5.74) is 4.77. The normalized spacial score (nSPS) is 18.4. The van der Waals surface area contributed by atoms with Crippen LogP contribution in [-0.4, -0.2) is 14.4 Å². The Hall–Kier alpha value is -1.07. The van der Waals surface area contributed by atoms with E-state index in [0.29, 0.717) is 0 Å². The Bertz CT molecular complexity index is 552. The van der Waals surface area contributed by atoms with Gasteiger partial charge in [-0.05, 0) is 69.7 Å². The highest BCUT2D eigenvalue weighted by Crippen LogP contribution is 2.42. The zero-order valence-electron chi connectivity index (χ0n) is 12.1. The van der Waals surface area contributed by atoms with Gasteiger partial charge in [-0.25, -0.2) is 4.21 Å². The molecule has 4 nitrogen and oxygen atoms in total. The van der Waals surface area contributed by atoms with Gasteiger partial charge < -0.3 is 4.74 Å². The molecule has 0 saturated carbocycles. The Morgan fingerprint density at radius 3 is 2.42 bits per heavy atom. The lowest BCUT2D eigenvalue weighted by atomic mass is 9.87. The molecule has 1 unspecified atom stereocenters. The second kappa shape index (κ2) is 4.80. The van der Waals surface area contributed by atoms with Gasteiger partial charge in [0, 0.05) is 0 Å². The maximum Gasteiger partial charge on any atom is 0.259 e. The Morgan fingerprint density at radius 1 is 1.21 bits per heavy atom. The standard InChI is InChI=1S/C14H21NO3S/c1-8-9(2)13-11(6-7-14(4,5)18-13)10(3)12(8)15-19(16)17/h15H,6-7H2,1-5H3,(H,16,17). The highest BCUT2D eigenvalue weighted by atomic mass is 32.2. The third-order valence-corrected chi connectivity index (χ3v) is 4.30. The molecule has 0 saturated heterocycles. The van der Waals surface area contributed by atoms with E-state index in [1.54, 1.807) is 0 Å². The van der Waals surface area contributed by atoms with Gasteiger partial charge in [-0.2, -0.15) is 0 Å². The summed E-state index contributed by atoms with van der Waals surface area (Å²) in [5, 5.41) is 0. The predicted molar refractivity (Wildman–Crippen MR) is 78.1 cm³/mol. The second-order valence-electron chi connectivity index (χ2n) is 5.77. The average Bonchev–Trinajstić information content (AvgIpc) is 2.30. The zero-order valence-corrected chi connectivity index (χ0v) is 12.9. The van der Waals surface area contributed by atoms with Crippen LogP contribution in [0.1, 0.15) is 42.5 Å². The van der Waals surface area contributed by atoms with Crippen LogP contribution in [0.3, 0.4) is 0 Å². The number of anilines is 1.